The number of halogens is 1. The van der Waals surface area contributed by atoms with Crippen LogP contribution in [0, 0.1) is 0 Å². The minimum absolute atomic E-state index is 0.0140. The van der Waals surface area contributed by atoms with Crippen molar-refractivity contribution < 1.29 is 19.5 Å². The van der Waals surface area contributed by atoms with Crippen molar-refractivity contribution in [2.45, 2.75) is 96.8 Å². The van der Waals surface area contributed by atoms with Gasteiger partial charge in [0.25, 0.3) is 0 Å². The summed E-state index contributed by atoms with van der Waals surface area (Å²) in [7, 11) is 0. The van der Waals surface area contributed by atoms with Gasteiger partial charge >= 0.3 is 6.09 Å². The highest BCUT2D eigenvalue weighted by Crippen LogP contribution is 2.27. The molecule has 0 saturated heterocycles. The molecular weight excluding hydrogens is 560 g/mol. The van der Waals surface area contributed by atoms with E-state index in [1.54, 1.807) is 42.5 Å². The number of amides is 1. The summed E-state index contributed by atoms with van der Waals surface area (Å²) >= 11 is 5.98. The second-order valence-corrected chi connectivity index (χ2v) is 11.4. The average molecular weight is 607 g/mol. The summed E-state index contributed by atoms with van der Waals surface area (Å²) in [6, 6.07) is 21.1. The second kappa shape index (κ2) is 20.4. The van der Waals surface area contributed by atoms with Crippen LogP contribution < -0.4 is 10.1 Å². The maximum atomic E-state index is 12.4. The Morgan fingerprint density at radius 2 is 1.40 bits per heavy atom. The lowest BCUT2D eigenvalue weighted by Crippen LogP contribution is -2.13. The Morgan fingerprint density at radius 3 is 2.00 bits per heavy atom. The van der Waals surface area contributed by atoms with Gasteiger partial charge in [0.1, 0.15) is 17.2 Å². The van der Waals surface area contributed by atoms with Gasteiger partial charge in [-0.15, -0.1) is 0 Å². The van der Waals surface area contributed by atoms with Gasteiger partial charge in [0.2, 0.25) is 0 Å². The molecule has 0 fully saturated rings. The highest BCUT2D eigenvalue weighted by molar-refractivity contribution is 6.30. The Balaban J connectivity index is 1.40. The van der Waals surface area contributed by atoms with Gasteiger partial charge in [-0.3, -0.25) is 10.2 Å². The molecule has 0 aliphatic heterocycles. The first-order valence-electron chi connectivity index (χ1n) is 15.9. The van der Waals surface area contributed by atoms with E-state index in [4.69, 9.17) is 21.2 Å². The van der Waals surface area contributed by atoms with Gasteiger partial charge in [-0.2, -0.15) is 0 Å². The molecule has 3 aromatic carbocycles. The third-order valence-electron chi connectivity index (χ3n) is 7.33. The number of nitrogens with one attached hydrogen (secondary N) is 1. The van der Waals surface area contributed by atoms with Gasteiger partial charge in [-0.25, -0.2) is 4.79 Å². The minimum Gasteiger partial charge on any atom is -0.507 e. The van der Waals surface area contributed by atoms with Crippen LogP contribution in [0.15, 0.2) is 78.0 Å². The number of phenolic OH excluding ortho intramolecular Hbond substituents is 1. The van der Waals surface area contributed by atoms with E-state index < -0.39 is 6.09 Å². The molecule has 0 bridgehead atoms. The first-order chi connectivity index (χ1) is 21.1. The number of anilines is 1. The summed E-state index contributed by atoms with van der Waals surface area (Å²) < 4.78 is 5.90. The molecule has 43 heavy (non-hydrogen) atoms. The first-order valence-corrected chi connectivity index (χ1v) is 16.3. The summed E-state index contributed by atoms with van der Waals surface area (Å²) in [4.78, 5) is 17.5. The molecule has 0 aliphatic rings. The number of phenols is 1. The quantitative estimate of drug-likeness (QED) is 0.0580. The molecule has 3 rings (SSSR count). The summed E-state index contributed by atoms with van der Waals surface area (Å²) in [6.45, 7) is 2.87. The van der Waals surface area contributed by atoms with Gasteiger partial charge in [0.05, 0.1) is 6.61 Å². The monoisotopic (exact) mass is 606 g/mol. The SMILES string of the molecule is CCCCCCCCCCCCCCCCOc1ccc(/C(=N\OC(=O)Nc2cccc(Cl)c2)c2ccccc2)c(O)c1. The molecule has 0 aliphatic carbocycles. The van der Waals surface area contributed by atoms with Crippen LogP contribution in [0.1, 0.15) is 108 Å². The molecule has 0 radical (unpaired) electrons. The van der Waals surface area contributed by atoms with Crippen molar-refractivity contribution in [2.24, 2.45) is 5.16 Å². The van der Waals surface area contributed by atoms with Crippen LogP contribution in [0.25, 0.3) is 0 Å². The summed E-state index contributed by atoms with van der Waals surface area (Å²) in [5.41, 5.74) is 1.91. The smallest absolute Gasteiger partial charge is 0.437 e. The van der Waals surface area contributed by atoms with E-state index in [-0.39, 0.29) is 5.75 Å². The minimum atomic E-state index is -0.775. The Morgan fingerprint density at radius 1 is 0.767 bits per heavy atom. The summed E-state index contributed by atoms with van der Waals surface area (Å²) in [5.74, 6) is 0.572. The van der Waals surface area contributed by atoms with E-state index in [9.17, 15) is 9.90 Å². The predicted molar refractivity (Wildman–Crippen MR) is 178 cm³/mol. The molecule has 0 aromatic heterocycles. The zero-order chi connectivity index (χ0) is 30.5. The average Bonchev–Trinajstić information content (AvgIpc) is 3.00. The topological polar surface area (TPSA) is 80.2 Å². The van der Waals surface area contributed by atoms with E-state index in [0.717, 1.165) is 12.8 Å². The van der Waals surface area contributed by atoms with Crippen molar-refractivity contribution in [1.29, 1.82) is 0 Å². The Hall–Kier alpha value is -3.51. The molecule has 0 saturated carbocycles. The third kappa shape index (κ3) is 13.6. The van der Waals surface area contributed by atoms with Crippen LogP contribution >= 0.6 is 11.6 Å². The molecular formula is C36H47ClN2O4. The largest absolute Gasteiger partial charge is 0.507 e. The summed E-state index contributed by atoms with van der Waals surface area (Å²) in [6.07, 6.45) is 17.6. The van der Waals surface area contributed by atoms with Gasteiger partial charge < -0.3 is 9.84 Å². The number of ether oxygens (including phenoxy) is 1. The van der Waals surface area contributed by atoms with E-state index >= 15 is 0 Å². The highest BCUT2D eigenvalue weighted by atomic mass is 35.5. The van der Waals surface area contributed by atoms with E-state index in [2.05, 4.69) is 17.4 Å². The van der Waals surface area contributed by atoms with Crippen molar-refractivity contribution in [2.75, 3.05) is 11.9 Å². The first kappa shape index (κ1) is 34.0. The number of benzene rings is 3. The van der Waals surface area contributed by atoms with Crippen LogP contribution in [-0.2, 0) is 4.84 Å². The molecule has 2 N–H and O–H groups in total. The zero-order valence-corrected chi connectivity index (χ0v) is 26.3. The number of aromatic hydroxyl groups is 1. The van der Waals surface area contributed by atoms with Crippen LogP contribution in [0.2, 0.25) is 5.02 Å². The lowest BCUT2D eigenvalue weighted by atomic mass is 10.0. The molecule has 0 atom stereocenters. The number of hydrogen-bond acceptors (Lipinski definition) is 5. The molecule has 0 heterocycles. The van der Waals surface area contributed by atoms with Gasteiger partial charge in [-0.05, 0) is 36.8 Å². The standard InChI is InChI=1S/C36H47ClN2O4/c1-2-3-4-5-6-7-8-9-10-11-12-13-14-18-26-42-32-24-25-33(34(40)28-32)35(29-20-16-15-17-21-29)39-43-36(41)38-31-23-19-22-30(37)27-31/h15-17,19-25,27-28,40H,2-14,18,26H2,1H3,(H,38,41)/b39-35-. The van der Waals surface area contributed by atoms with Crippen molar-refractivity contribution >= 4 is 29.1 Å². The maximum Gasteiger partial charge on any atom is 0.437 e. The maximum absolute atomic E-state index is 12.4. The normalized spacial score (nSPS) is 11.3. The molecule has 0 spiro atoms. The van der Waals surface area contributed by atoms with E-state index in [0.29, 0.717) is 39.9 Å². The third-order valence-corrected chi connectivity index (χ3v) is 7.56. The highest BCUT2D eigenvalue weighted by Gasteiger charge is 2.15. The molecule has 0 unspecified atom stereocenters. The lowest BCUT2D eigenvalue weighted by Gasteiger charge is -2.12. The fourth-order valence-corrected chi connectivity index (χ4v) is 5.13. The zero-order valence-electron chi connectivity index (χ0n) is 25.5. The number of carbonyl (C=O) groups is 1. The van der Waals surface area contributed by atoms with Crippen LogP contribution in [0.3, 0.4) is 0 Å². The number of nitrogens with zero attached hydrogens (tertiary/aromatic N) is 1. The fourth-order valence-electron chi connectivity index (χ4n) is 4.94. The van der Waals surface area contributed by atoms with Crippen molar-refractivity contribution in [3.8, 4) is 11.5 Å². The van der Waals surface area contributed by atoms with Crippen molar-refractivity contribution in [3.05, 3.63) is 88.9 Å². The van der Waals surface area contributed by atoms with Crippen LogP contribution in [-0.4, -0.2) is 23.5 Å². The molecule has 3 aromatic rings. The Labute approximate surface area is 262 Å². The van der Waals surface area contributed by atoms with E-state index in [1.807, 2.05) is 30.3 Å². The van der Waals surface area contributed by atoms with Gasteiger partial charge in [0, 0.05) is 27.9 Å². The summed E-state index contributed by atoms with van der Waals surface area (Å²) in [5, 5.41) is 18.0. The number of hydrogen-bond donors (Lipinski definition) is 2. The molecule has 7 heteroatoms. The predicted octanol–water partition coefficient (Wildman–Crippen LogP) is 10.9. The van der Waals surface area contributed by atoms with Crippen LogP contribution in [0.4, 0.5) is 10.5 Å². The second-order valence-electron chi connectivity index (χ2n) is 10.9. The van der Waals surface area contributed by atoms with Gasteiger partial charge in [-0.1, -0.05) is 144 Å². The Kier molecular flexibility index (Phi) is 16.1. The van der Waals surface area contributed by atoms with E-state index in [1.165, 1.54) is 77.0 Å². The van der Waals surface area contributed by atoms with Crippen molar-refractivity contribution in [3.63, 3.8) is 0 Å². The lowest BCUT2D eigenvalue weighted by molar-refractivity contribution is 0.166. The molecule has 1 amide bonds. The van der Waals surface area contributed by atoms with Gasteiger partial charge in [0.15, 0.2) is 0 Å². The number of unbranched alkanes of at least 4 members (excludes halogenated alkanes) is 13. The number of rotatable bonds is 20. The van der Waals surface area contributed by atoms with Crippen LogP contribution in [0.5, 0.6) is 11.5 Å². The Bertz CT molecular complexity index is 1250. The molecule has 6 nitrogen and oxygen atoms in total. The molecule has 232 valence electrons. The number of oxime groups is 1. The fraction of sp³-hybridized carbons (Fsp3) is 0.444. The van der Waals surface area contributed by atoms with Crippen molar-refractivity contribution in [1.82, 2.24) is 0 Å². The number of carbonyl (C=O) groups excluding carboxylic acids is 1.